The molecule has 1 aliphatic rings. The monoisotopic (exact) mass is 191 g/mol. The van der Waals surface area contributed by atoms with Gasteiger partial charge in [-0.25, -0.2) is 0 Å². The Morgan fingerprint density at radius 1 is 1.36 bits per heavy atom. The molecule has 0 aromatic heterocycles. The average Bonchev–Trinajstić information content (AvgIpc) is 2.14. The van der Waals surface area contributed by atoms with Crippen LogP contribution in [0.25, 0.3) is 0 Å². The quantitative estimate of drug-likeness (QED) is 0.681. The molecule has 1 aromatic rings. The van der Waals surface area contributed by atoms with Crippen molar-refractivity contribution in [3.63, 3.8) is 0 Å². The van der Waals surface area contributed by atoms with Crippen LogP contribution in [0.5, 0.6) is 0 Å². The molecule has 14 heavy (non-hydrogen) atoms. The highest BCUT2D eigenvalue weighted by Gasteiger charge is 2.42. The van der Waals surface area contributed by atoms with Gasteiger partial charge in [0.05, 0.1) is 18.1 Å². The predicted molar refractivity (Wildman–Crippen MR) is 52.5 cm³/mol. The van der Waals surface area contributed by atoms with Crippen molar-refractivity contribution in [1.82, 2.24) is 5.32 Å². The molecule has 2 N–H and O–H groups in total. The lowest BCUT2D eigenvalue weighted by Gasteiger charge is -2.38. The van der Waals surface area contributed by atoms with E-state index in [1.807, 2.05) is 30.3 Å². The summed E-state index contributed by atoms with van der Waals surface area (Å²) in [5, 5.41) is 12.2. The summed E-state index contributed by atoms with van der Waals surface area (Å²) in [7, 11) is 0. The first-order chi connectivity index (χ1) is 6.70. The van der Waals surface area contributed by atoms with Crippen LogP contribution in [0.4, 0.5) is 0 Å². The number of amides is 1. The second-order valence-electron chi connectivity index (χ2n) is 3.66. The summed E-state index contributed by atoms with van der Waals surface area (Å²) < 4.78 is 0. The molecule has 1 amide bonds. The maximum atomic E-state index is 11.2. The average molecular weight is 191 g/mol. The van der Waals surface area contributed by atoms with E-state index in [1.54, 1.807) is 6.92 Å². The lowest BCUT2D eigenvalue weighted by molar-refractivity contribution is -0.140. The Kier molecular flexibility index (Phi) is 2.25. The summed E-state index contributed by atoms with van der Waals surface area (Å²) in [5.74, 6) is -0.355. The molecule has 0 unspecified atom stereocenters. The number of aliphatic hydroxyl groups is 1. The smallest absolute Gasteiger partial charge is 0.228 e. The molecule has 0 radical (unpaired) electrons. The Bertz CT molecular complexity index is 334. The minimum absolute atomic E-state index is 0.0244. The fourth-order valence-electron chi connectivity index (χ4n) is 1.84. The summed E-state index contributed by atoms with van der Waals surface area (Å²) in [6.45, 7) is 1.65. The van der Waals surface area contributed by atoms with Crippen LogP contribution < -0.4 is 5.32 Å². The van der Waals surface area contributed by atoms with E-state index in [4.69, 9.17) is 0 Å². The molecule has 74 valence electrons. The van der Waals surface area contributed by atoms with Gasteiger partial charge in [0, 0.05) is 0 Å². The van der Waals surface area contributed by atoms with Gasteiger partial charge < -0.3 is 10.4 Å². The van der Waals surface area contributed by atoms with Gasteiger partial charge in [-0.3, -0.25) is 4.79 Å². The van der Waals surface area contributed by atoms with E-state index in [-0.39, 0.29) is 17.9 Å². The zero-order valence-electron chi connectivity index (χ0n) is 7.97. The van der Waals surface area contributed by atoms with E-state index in [9.17, 15) is 9.90 Å². The number of hydrogen-bond donors (Lipinski definition) is 2. The van der Waals surface area contributed by atoms with Crippen molar-refractivity contribution in [3.8, 4) is 0 Å². The number of carbonyl (C=O) groups is 1. The van der Waals surface area contributed by atoms with Crippen LogP contribution in [0.1, 0.15) is 18.5 Å². The number of aliphatic hydroxyl groups excluding tert-OH is 1. The largest absolute Gasteiger partial charge is 0.392 e. The molecule has 0 aliphatic carbocycles. The molecule has 2 rings (SSSR count). The normalized spacial score (nSPS) is 27.7. The summed E-state index contributed by atoms with van der Waals surface area (Å²) in [5.41, 5.74) is 1.05. The van der Waals surface area contributed by atoms with Gasteiger partial charge in [-0.1, -0.05) is 30.3 Å². The van der Waals surface area contributed by atoms with Crippen LogP contribution in [0.2, 0.25) is 0 Å². The van der Waals surface area contributed by atoms with Crippen LogP contribution in [0, 0.1) is 5.92 Å². The van der Waals surface area contributed by atoms with Gasteiger partial charge in [0.1, 0.15) is 0 Å². The molecule has 1 aromatic carbocycles. The van der Waals surface area contributed by atoms with Gasteiger partial charge in [0.25, 0.3) is 0 Å². The zero-order chi connectivity index (χ0) is 10.1. The molecule has 0 spiro atoms. The highest BCUT2D eigenvalue weighted by Crippen LogP contribution is 2.32. The first kappa shape index (κ1) is 9.21. The molecule has 1 aliphatic heterocycles. The van der Waals surface area contributed by atoms with Crippen molar-refractivity contribution >= 4 is 5.91 Å². The zero-order valence-corrected chi connectivity index (χ0v) is 7.97. The van der Waals surface area contributed by atoms with Crippen molar-refractivity contribution < 1.29 is 9.90 Å². The van der Waals surface area contributed by atoms with Crippen molar-refractivity contribution in [1.29, 1.82) is 0 Å². The molecule has 3 heteroatoms. The Labute approximate surface area is 82.8 Å². The highest BCUT2D eigenvalue weighted by molar-refractivity contribution is 5.86. The molecule has 0 bridgehead atoms. The first-order valence-electron chi connectivity index (χ1n) is 4.73. The van der Waals surface area contributed by atoms with Gasteiger partial charge in [0.15, 0.2) is 0 Å². The summed E-state index contributed by atoms with van der Waals surface area (Å²) in [6, 6.07) is 9.68. The number of carbonyl (C=O) groups excluding carboxylic acids is 1. The molecule has 3 atom stereocenters. The van der Waals surface area contributed by atoms with E-state index in [1.165, 1.54) is 0 Å². The minimum Gasteiger partial charge on any atom is -0.392 e. The molecule has 0 saturated carbocycles. The van der Waals surface area contributed by atoms with Crippen molar-refractivity contribution in [2.45, 2.75) is 19.1 Å². The number of benzene rings is 1. The van der Waals surface area contributed by atoms with Gasteiger partial charge in [-0.15, -0.1) is 0 Å². The fraction of sp³-hybridized carbons (Fsp3) is 0.364. The molecular formula is C11H13NO2. The Morgan fingerprint density at radius 3 is 2.50 bits per heavy atom. The van der Waals surface area contributed by atoms with E-state index >= 15 is 0 Å². The number of nitrogens with one attached hydrogen (secondary N) is 1. The lowest BCUT2D eigenvalue weighted by atomic mass is 9.82. The van der Waals surface area contributed by atoms with Crippen LogP contribution in [0.3, 0.4) is 0 Å². The summed E-state index contributed by atoms with van der Waals surface area (Å²) >= 11 is 0. The Hall–Kier alpha value is -1.35. The van der Waals surface area contributed by atoms with E-state index < -0.39 is 6.10 Å². The second kappa shape index (κ2) is 3.42. The van der Waals surface area contributed by atoms with Gasteiger partial charge in [0.2, 0.25) is 5.91 Å². The number of β-lactam (4-membered cyclic amide) rings is 1. The molecule has 1 saturated heterocycles. The topological polar surface area (TPSA) is 49.3 Å². The molecular weight excluding hydrogens is 178 g/mol. The lowest BCUT2D eigenvalue weighted by Crippen LogP contribution is -2.55. The summed E-state index contributed by atoms with van der Waals surface area (Å²) in [4.78, 5) is 11.2. The van der Waals surface area contributed by atoms with Gasteiger partial charge in [-0.05, 0) is 12.5 Å². The maximum absolute atomic E-state index is 11.2. The van der Waals surface area contributed by atoms with Crippen molar-refractivity contribution in [2.75, 3.05) is 0 Å². The second-order valence-corrected chi connectivity index (χ2v) is 3.66. The third-order valence-electron chi connectivity index (χ3n) is 2.64. The maximum Gasteiger partial charge on any atom is 0.228 e. The van der Waals surface area contributed by atoms with Crippen molar-refractivity contribution in [3.05, 3.63) is 35.9 Å². The Morgan fingerprint density at radius 2 is 2.00 bits per heavy atom. The van der Waals surface area contributed by atoms with Crippen LogP contribution in [0.15, 0.2) is 30.3 Å². The highest BCUT2D eigenvalue weighted by atomic mass is 16.3. The van der Waals surface area contributed by atoms with E-state index in [2.05, 4.69) is 5.32 Å². The SMILES string of the molecule is C[C@@H](O)[C@H]1C(=O)N[C@H]1c1ccccc1. The Balaban J connectivity index is 2.18. The van der Waals surface area contributed by atoms with Crippen molar-refractivity contribution in [2.24, 2.45) is 5.92 Å². The van der Waals surface area contributed by atoms with Crippen LogP contribution in [-0.2, 0) is 4.79 Å². The standard InChI is InChI=1S/C11H13NO2/c1-7(13)9-10(12-11(9)14)8-5-3-2-4-6-8/h2-7,9-10,13H,1H3,(H,12,14)/t7-,9-,10+/m1/s1. The van der Waals surface area contributed by atoms with Gasteiger partial charge in [-0.2, -0.15) is 0 Å². The third kappa shape index (κ3) is 1.40. The molecule has 1 fully saturated rings. The van der Waals surface area contributed by atoms with E-state index in [0.29, 0.717) is 0 Å². The fourth-order valence-corrected chi connectivity index (χ4v) is 1.84. The van der Waals surface area contributed by atoms with Gasteiger partial charge >= 0.3 is 0 Å². The van der Waals surface area contributed by atoms with Crippen LogP contribution in [-0.4, -0.2) is 17.1 Å². The third-order valence-corrected chi connectivity index (χ3v) is 2.64. The molecule has 1 heterocycles. The van der Waals surface area contributed by atoms with Crippen LogP contribution >= 0.6 is 0 Å². The number of rotatable bonds is 2. The first-order valence-corrected chi connectivity index (χ1v) is 4.73. The summed E-state index contributed by atoms with van der Waals surface area (Å²) in [6.07, 6.45) is -0.589. The number of hydrogen-bond acceptors (Lipinski definition) is 2. The minimum atomic E-state index is -0.589. The molecule has 3 nitrogen and oxygen atoms in total. The predicted octanol–water partition coefficient (Wildman–Crippen LogP) is 0.854. The van der Waals surface area contributed by atoms with E-state index in [0.717, 1.165) is 5.56 Å².